The molecule has 0 saturated heterocycles. The molecule has 8 heteroatoms. The molecule has 0 aliphatic rings. The Morgan fingerprint density at radius 3 is 2.80 bits per heavy atom. The summed E-state index contributed by atoms with van der Waals surface area (Å²) >= 11 is 5.80. The van der Waals surface area contributed by atoms with E-state index in [0.717, 1.165) is 18.2 Å². The van der Waals surface area contributed by atoms with E-state index in [9.17, 15) is 14.5 Å². The van der Waals surface area contributed by atoms with Crippen LogP contribution in [0.3, 0.4) is 0 Å². The van der Waals surface area contributed by atoms with Crippen LogP contribution in [0.15, 0.2) is 24.3 Å². The fourth-order valence-corrected chi connectivity index (χ4v) is 1.68. The van der Waals surface area contributed by atoms with Gasteiger partial charge in [-0.05, 0) is 12.1 Å². The summed E-state index contributed by atoms with van der Waals surface area (Å²) in [6, 6.07) is 4.33. The van der Waals surface area contributed by atoms with Crippen molar-refractivity contribution in [1.82, 2.24) is 9.97 Å². The van der Waals surface area contributed by atoms with E-state index in [1.54, 1.807) is 0 Å². The molecule has 2 rings (SSSR count). The third-order valence-electron chi connectivity index (χ3n) is 2.37. The highest BCUT2D eigenvalue weighted by Gasteiger charge is 2.18. The number of aryl methyl sites for hydroxylation is 1. The van der Waals surface area contributed by atoms with Gasteiger partial charge in [-0.3, -0.25) is 10.1 Å². The number of halogens is 2. The van der Waals surface area contributed by atoms with Crippen LogP contribution in [-0.2, 0) is 6.42 Å². The van der Waals surface area contributed by atoms with Gasteiger partial charge in [0.2, 0.25) is 11.6 Å². The Balaban J connectivity index is 2.39. The zero-order chi connectivity index (χ0) is 14.7. The molecule has 0 aliphatic heterocycles. The SMILES string of the molecule is CCc1nc(Cl)cc(Oc2ccc(F)cc2[N+](=O)[O-])n1. The number of aromatic nitrogens is 2. The molecule has 2 aromatic rings. The summed E-state index contributed by atoms with van der Waals surface area (Å²) in [5, 5.41) is 11.0. The smallest absolute Gasteiger partial charge is 0.314 e. The number of nitro benzene ring substituents is 1. The van der Waals surface area contributed by atoms with Gasteiger partial charge in [-0.2, -0.15) is 4.98 Å². The van der Waals surface area contributed by atoms with Crippen LogP contribution in [0.2, 0.25) is 5.15 Å². The van der Waals surface area contributed by atoms with Crippen molar-refractivity contribution in [1.29, 1.82) is 0 Å². The largest absolute Gasteiger partial charge is 0.432 e. The topological polar surface area (TPSA) is 78.2 Å². The molecule has 0 atom stereocenters. The number of hydrogen-bond acceptors (Lipinski definition) is 5. The fourth-order valence-electron chi connectivity index (χ4n) is 1.48. The molecule has 0 radical (unpaired) electrons. The minimum atomic E-state index is -0.734. The van der Waals surface area contributed by atoms with Crippen LogP contribution in [0, 0.1) is 15.9 Å². The molecule has 0 saturated carbocycles. The third kappa shape index (κ3) is 3.18. The Kier molecular flexibility index (Phi) is 4.09. The molecule has 1 aromatic carbocycles. The molecule has 1 aromatic heterocycles. The summed E-state index contributed by atoms with van der Waals surface area (Å²) in [5.74, 6) is -0.332. The van der Waals surface area contributed by atoms with E-state index in [0.29, 0.717) is 12.2 Å². The molecule has 6 nitrogen and oxygen atoms in total. The minimum Gasteiger partial charge on any atom is -0.432 e. The van der Waals surface area contributed by atoms with Gasteiger partial charge in [-0.15, -0.1) is 0 Å². The monoisotopic (exact) mass is 297 g/mol. The first kappa shape index (κ1) is 14.1. The van der Waals surface area contributed by atoms with Gasteiger partial charge in [-0.1, -0.05) is 18.5 Å². The molecule has 0 amide bonds. The fraction of sp³-hybridized carbons (Fsp3) is 0.167. The number of hydrogen-bond donors (Lipinski definition) is 0. The maximum Gasteiger partial charge on any atom is 0.314 e. The van der Waals surface area contributed by atoms with E-state index < -0.39 is 16.4 Å². The molecule has 0 bridgehead atoms. The Hall–Kier alpha value is -2.28. The van der Waals surface area contributed by atoms with Crippen LogP contribution in [0.25, 0.3) is 0 Å². The van der Waals surface area contributed by atoms with Crippen LogP contribution in [0.5, 0.6) is 11.6 Å². The number of nitro groups is 1. The lowest BCUT2D eigenvalue weighted by molar-refractivity contribution is -0.385. The van der Waals surface area contributed by atoms with Gasteiger partial charge in [-0.25, -0.2) is 9.37 Å². The molecular weight excluding hydrogens is 289 g/mol. The molecule has 0 unspecified atom stereocenters. The predicted molar refractivity (Wildman–Crippen MR) is 69.5 cm³/mol. The summed E-state index contributed by atoms with van der Waals surface area (Å²) in [7, 11) is 0. The molecule has 0 fully saturated rings. The first-order valence-corrected chi connectivity index (χ1v) is 6.02. The molecule has 104 valence electrons. The summed E-state index contributed by atoms with van der Waals surface area (Å²) in [6.07, 6.45) is 0.530. The van der Waals surface area contributed by atoms with Crippen molar-refractivity contribution < 1.29 is 14.1 Å². The van der Waals surface area contributed by atoms with E-state index in [1.807, 2.05) is 6.92 Å². The van der Waals surface area contributed by atoms with Gasteiger partial charge in [0.1, 0.15) is 16.8 Å². The highest BCUT2D eigenvalue weighted by molar-refractivity contribution is 6.29. The van der Waals surface area contributed by atoms with Gasteiger partial charge in [0.05, 0.1) is 11.0 Å². The van der Waals surface area contributed by atoms with Crippen LogP contribution in [0.1, 0.15) is 12.7 Å². The first-order chi connectivity index (χ1) is 9.49. The third-order valence-corrected chi connectivity index (χ3v) is 2.56. The second kappa shape index (κ2) is 5.79. The highest BCUT2D eigenvalue weighted by Crippen LogP contribution is 2.31. The minimum absolute atomic E-state index is 0.0663. The summed E-state index contributed by atoms with van der Waals surface area (Å²) in [5.41, 5.74) is -0.488. The molecule has 20 heavy (non-hydrogen) atoms. The maximum absolute atomic E-state index is 13.0. The second-order valence-corrected chi connectivity index (χ2v) is 4.16. The normalized spacial score (nSPS) is 10.3. The number of nitrogens with zero attached hydrogens (tertiary/aromatic N) is 3. The Bertz CT molecular complexity index is 666. The standard InChI is InChI=1S/C12H9ClFN3O3/c1-2-11-15-10(13)6-12(16-11)20-9-4-3-7(14)5-8(9)17(18)19/h3-6H,2H2,1H3. The molecular formula is C12H9ClFN3O3. The highest BCUT2D eigenvalue weighted by atomic mass is 35.5. The number of benzene rings is 1. The Morgan fingerprint density at radius 1 is 1.40 bits per heavy atom. The van der Waals surface area contributed by atoms with E-state index in [2.05, 4.69) is 9.97 Å². The van der Waals surface area contributed by atoms with Crippen molar-refractivity contribution in [3.05, 3.63) is 51.2 Å². The van der Waals surface area contributed by atoms with Crippen molar-refractivity contribution in [2.75, 3.05) is 0 Å². The first-order valence-electron chi connectivity index (χ1n) is 5.65. The summed E-state index contributed by atoms with van der Waals surface area (Å²) in [6.45, 7) is 1.83. The zero-order valence-corrected chi connectivity index (χ0v) is 11.1. The summed E-state index contributed by atoms with van der Waals surface area (Å²) < 4.78 is 18.3. The van der Waals surface area contributed by atoms with E-state index in [-0.39, 0.29) is 16.8 Å². The van der Waals surface area contributed by atoms with Crippen molar-refractivity contribution >= 4 is 17.3 Å². The van der Waals surface area contributed by atoms with Crippen LogP contribution in [0.4, 0.5) is 10.1 Å². The van der Waals surface area contributed by atoms with Gasteiger partial charge >= 0.3 is 5.69 Å². The molecule has 0 spiro atoms. The van der Waals surface area contributed by atoms with E-state index >= 15 is 0 Å². The average Bonchev–Trinajstić information content (AvgIpc) is 2.40. The van der Waals surface area contributed by atoms with Gasteiger partial charge < -0.3 is 4.74 Å². The lowest BCUT2D eigenvalue weighted by Gasteiger charge is -2.06. The van der Waals surface area contributed by atoms with Crippen LogP contribution in [-0.4, -0.2) is 14.9 Å². The van der Waals surface area contributed by atoms with Crippen LogP contribution >= 0.6 is 11.6 Å². The van der Waals surface area contributed by atoms with Gasteiger partial charge in [0.15, 0.2) is 0 Å². The van der Waals surface area contributed by atoms with E-state index in [4.69, 9.17) is 16.3 Å². The van der Waals surface area contributed by atoms with Crippen molar-refractivity contribution in [2.45, 2.75) is 13.3 Å². The lowest BCUT2D eigenvalue weighted by atomic mass is 10.3. The molecule has 0 aliphatic carbocycles. The van der Waals surface area contributed by atoms with Gasteiger partial charge in [0.25, 0.3) is 0 Å². The molecule has 0 N–H and O–H groups in total. The zero-order valence-electron chi connectivity index (χ0n) is 10.3. The second-order valence-electron chi connectivity index (χ2n) is 3.77. The van der Waals surface area contributed by atoms with Crippen molar-refractivity contribution in [3.63, 3.8) is 0 Å². The Labute approximate surface area is 118 Å². The maximum atomic E-state index is 13.0. The quantitative estimate of drug-likeness (QED) is 0.490. The number of rotatable bonds is 4. The predicted octanol–water partition coefficient (Wildman–Crippen LogP) is 3.53. The van der Waals surface area contributed by atoms with E-state index in [1.165, 1.54) is 6.07 Å². The average molecular weight is 298 g/mol. The van der Waals surface area contributed by atoms with Gasteiger partial charge in [0, 0.05) is 12.5 Å². The number of ether oxygens (including phenoxy) is 1. The summed E-state index contributed by atoms with van der Waals surface area (Å²) in [4.78, 5) is 18.1. The van der Waals surface area contributed by atoms with Crippen molar-refractivity contribution in [2.24, 2.45) is 0 Å². The Morgan fingerprint density at radius 2 is 2.15 bits per heavy atom. The van der Waals surface area contributed by atoms with Crippen molar-refractivity contribution in [3.8, 4) is 11.6 Å². The molecule has 1 heterocycles. The van der Waals surface area contributed by atoms with Crippen LogP contribution < -0.4 is 4.74 Å². The lowest BCUT2D eigenvalue weighted by Crippen LogP contribution is -1.99.